The minimum absolute atomic E-state index is 0.173. The molecule has 0 aliphatic carbocycles. The lowest BCUT2D eigenvalue weighted by Gasteiger charge is -2.09. The van der Waals surface area contributed by atoms with Crippen LogP contribution in [0, 0.1) is 0 Å². The molecule has 0 saturated heterocycles. The molecule has 4 nitrogen and oxygen atoms in total. The zero-order valence-electron chi connectivity index (χ0n) is 11.4. The topological polar surface area (TPSA) is 59.1 Å². The Balaban J connectivity index is 2.64. The number of amides is 1. The maximum atomic E-state index is 11.9. The molecule has 0 aliphatic heterocycles. The Bertz CT molecular complexity index is 478. The van der Waals surface area contributed by atoms with Crippen LogP contribution in [0.15, 0.2) is 12.1 Å². The second kappa shape index (κ2) is 7.60. The average molecular weight is 303 g/mol. The molecular weight excluding hydrogens is 284 g/mol. The van der Waals surface area contributed by atoms with Crippen LogP contribution in [0.3, 0.4) is 0 Å². The van der Waals surface area contributed by atoms with Crippen LogP contribution in [0.2, 0.25) is 5.15 Å². The third kappa shape index (κ3) is 5.70. The van der Waals surface area contributed by atoms with E-state index in [-0.39, 0.29) is 11.8 Å². The second-order valence-corrected chi connectivity index (χ2v) is 6.59. The zero-order valence-corrected chi connectivity index (χ0v) is 13.0. The van der Waals surface area contributed by atoms with E-state index in [9.17, 15) is 9.00 Å². The Hall–Kier alpha value is -0.940. The summed E-state index contributed by atoms with van der Waals surface area (Å²) in [6.45, 7) is 4.50. The van der Waals surface area contributed by atoms with Gasteiger partial charge in [-0.3, -0.25) is 9.00 Å². The number of hydrogen-bond acceptors (Lipinski definition) is 3. The predicted octanol–water partition coefficient (Wildman–Crippen LogP) is 2.36. The Morgan fingerprint density at radius 1 is 1.47 bits per heavy atom. The maximum absolute atomic E-state index is 11.9. The highest BCUT2D eigenvalue weighted by molar-refractivity contribution is 7.84. The largest absolute Gasteiger partial charge is 0.352 e. The molecular formula is C13H19ClN2O2S. The van der Waals surface area contributed by atoms with E-state index in [0.29, 0.717) is 29.4 Å². The SMILES string of the molecule is CC(C)c1cc(C(=O)NCCCS(C)=O)cc(Cl)n1. The van der Waals surface area contributed by atoms with Gasteiger partial charge in [0.2, 0.25) is 0 Å². The van der Waals surface area contributed by atoms with E-state index < -0.39 is 10.8 Å². The molecule has 0 bridgehead atoms. The molecule has 1 unspecified atom stereocenters. The molecule has 6 heteroatoms. The number of pyridine rings is 1. The molecule has 1 amide bonds. The standard InChI is InChI=1S/C13H19ClN2O2S/c1-9(2)11-7-10(8-12(14)16-11)13(17)15-5-4-6-19(3)18/h7-9H,4-6H2,1-3H3,(H,15,17). The highest BCUT2D eigenvalue weighted by atomic mass is 35.5. The first-order valence-electron chi connectivity index (χ1n) is 6.16. The van der Waals surface area contributed by atoms with Crippen molar-refractivity contribution in [3.05, 3.63) is 28.5 Å². The lowest BCUT2D eigenvalue weighted by Crippen LogP contribution is -2.25. The highest BCUT2D eigenvalue weighted by Crippen LogP contribution is 2.17. The Kier molecular flexibility index (Phi) is 6.45. The van der Waals surface area contributed by atoms with Gasteiger partial charge in [0.05, 0.1) is 0 Å². The van der Waals surface area contributed by atoms with Crippen LogP contribution in [0.1, 0.15) is 42.2 Å². The second-order valence-electron chi connectivity index (χ2n) is 4.64. The number of hydrogen-bond donors (Lipinski definition) is 1. The number of carbonyl (C=O) groups excluding carboxylic acids is 1. The van der Waals surface area contributed by atoms with Gasteiger partial charge in [-0.05, 0) is 24.5 Å². The van der Waals surface area contributed by atoms with E-state index in [1.807, 2.05) is 13.8 Å². The lowest BCUT2D eigenvalue weighted by atomic mass is 10.1. The van der Waals surface area contributed by atoms with Gasteiger partial charge >= 0.3 is 0 Å². The molecule has 19 heavy (non-hydrogen) atoms. The van der Waals surface area contributed by atoms with E-state index in [2.05, 4.69) is 10.3 Å². The van der Waals surface area contributed by atoms with Crippen molar-refractivity contribution < 1.29 is 9.00 Å². The van der Waals surface area contributed by atoms with Gasteiger partial charge in [-0.15, -0.1) is 0 Å². The van der Waals surface area contributed by atoms with Gasteiger partial charge < -0.3 is 5.32 Å². The van der Waals surface area contributed by atoms with Crippen LogP contribution in [-0.4, -0.2) is 33.7 Å². The summed E-state index contributed by atoms with van der Waals surface area (Å²) in [6, 6.07) is 3.31. The normalized spacial score (nSPS) is 12.5. The van der Waals surface area contributed by atoms with Crippen molar-refractivity contribution in [2.45, 2.75) is 26.2 Å². The first kappa shape index (κ1) is 16.1. The van der Waals surface area contributed by atoms with Gasteiger partial charge in [-0.25, -0.2) is 4.98 Å². The van der Waals surface area contributed by atoms with Crippen LogP contribution in [-0.2, 0) is 10.8 Å². The first-order chi connectivity index (χ1) is 8.90. The summed E-state index contributed by atoms with van der Waals surface area (Å²) >= 11 is 5.91. The number of nitrogens with one attached hydrogen (secondary N) is 1. The molecule has 1 atom stereocenters. The fourth-order valence-electron chi connectivity index (χ4n) is 1.52. The van der Waals surface area contributed by atoms with Crippen LogP contribution >= 0.6 is 11.6 Å². The van der Waals surface area contributed by atoms with Gasteiger partial charge in [-0.1, -0.05) is 25.4 Å². The summed E-state index contributed by atoms with van der Waals surface area (Å²) in [4.78, 5) is 16.1. The Labute approximate surface area is 121 Å². The number of nitrogens with zero attached hydrogens (tertiary/aromatic N) is 1. The van der Waals surface area contributed by atoms with Gasteiger partial charge in [0.25, 0.3) is 5.91 Å². The quantitative estimate of drug-likeness (QED) is 0.648. The minimum Gasteiger partial charge on any atom is -0.352 e. The van der Waals surface area contributed by atoms with Crippen molar-refractivity contribution >= 4 is 28.3 Å². The van der Waals surface area contributed by atoms with E-state index in [1.165, 1.54) is 0 Å². The Morgan fingerprint density at radius 3 is 2.74 bits per heavy atom. The number of aromatic nitrogens is 1. The maximum Gasteiger partial charge on any atom is 0.251 e. The van der Waals surface area contributed by atoms with Crippen LogP contribution in [0.4, 0.5) is 0 Å². The van der Waals surface area contributed by atoms with Crippen molar-refractivity contribution in [3.63, 3.8) is 0 Å². The number of rotatable bonds is 6. The lowest BCUT2D eigenvalue weighted by molar-refractivity contribution is 0.0953. The van der Waals surface area contributed by atoms with Gasteiger partial charge in [0.15, 0.2) is 0 Å². The summed E-state index contributed by atoms with van der Waals surface area (Å²) in [7, 11) is -0.821. The Morgan fingerprint density at radius 2 is 2.16 bits per heavy atom. The third-order valence-corrected chi connectivity index (χ3v) is 3.62. The smallest absolute Gasteiger partial charge is 0.251 e. The van der Waals surface area contributed by atoms with E-state index >= 15 is 0 Å². The predicted molar refractivity (Wildman–Crippen MR) is 79.2 cm³/mol. The van der Waals surface area contributed by atoms with Crippen LogP contribution in [0.25, 0.3) is 0 Å². The molecule has 1 N–H and O–H groups in total. The molecule has 1 aromatic heterocycles. The first-order valence-corrected chi connectivity index (χ1v) is 8.26. The van der Waals surface area contributed by atoms with Crippen LogP contribution < -0.4 is 5.32 Å². The third-order valence-electron chi connectivity index (χ3n) is 2.56. The van der Waals surface area contributed by atoms with E-state index in [0.717, 1.165) is 5.69 Å². The van der Waals surface area contributed by atoms with Crippen LogP contribution in [0.5, 0.6) is 0 Å². The molecule has 0 saturated carbocycles. The van der Waals surface area contributed by atoms with E-state index in [1.54, 1.807) is 18.4 Å². The average Bonchev–Trinajstić information content (AvgIpc) is 2.33. The molecule has 0 radical (unpaired) electrons. The summed E-state index contributed by atoms with van der Waals surface area (Å²) in [5, 5.41) is 3.11. The molecule has 0 aliphatic rings. The fraction of sp³-hybridized carbons (Fsp3) is 0.538. The molecule has 1 aromatic rings. The van der Waals surface area contributed by atoms with Crippen molar-refractivity contribution in [1.29, 1.82) is 0 Å². The molecule has 1 heterocycles. The fourth-order valence-corrected chi connectivity index (χ4v) is 2.29. The summed E-state index contributed by atoms with van der Waals surface area (Å²) in [5.41, 5.74) is 1.31. The van der Waals surface area contributed by atoms with Crippen molar-refractivity contribution in [2.75, 3.05) is 18.6 Å². The number of carbonyl (C=O) groups is 1. The molecule has 0 aromatic carbocycles. The summed E-state index contributed by atoms with van der Waals surface area (Å²) < 4.78 is 10.9. The molecule has 1 rings (SSSR count). The molecule has 106 valence electrons. The van der Waals surface area contributed by atoms with Crippen molar-refractivity contribution in [1.82, 2.24) is 10.3 Å². The zero-order chi connectivity index (χ0) is 14.4. The van der Waals surface area contributed by atoms with E-state index in [4.69, 9.17) is 11.6 Å². The van der Waals surface area contributed by atoms with Crippen molar-refractivity contribution in [2.24, 2.45) is 0 Å². The van der Waals surface area contributed by atoms with Gasteiger partial charge in [0, 0.05) is 40.6 Å². The number of halogens is 1. The highest BCUT2D eigenvalue weighted by Gasteiger charge is 2.10. The molecule has 0 fully saturated rings. The summed E-state index contributed by atoms with van der Waals surface area (Å²) in [6.07, 6.45) is 2.35. The monoisotopic (exact) mass is 302 g/mol. The minimum atomic E-state index is -0.821. The van der Waals surface area contributed by atoms with Gasteiger partial charge in [-0.2, -0.15) is 0 Å². The van der Waals surface area contributed by atoms with Gasteiger partial charge in [0.1, 0.15) is 5.15 Å². The molecule has 0 spiro atoms. The van der Waals surface area contributed by atoms with Crippen molar-refractivity contribution in [3.8, 4) is 0 Å². The summed E-state index contributed by atoms with van der Waals surface area (Å²) in [5.74, 6) is 0.634.